The van der Waals surface area contributed by atoms with Crippen LogP contribution in [0.25, 0.3) is 0 Å². The fourth-order valence-corrected chi connectivity index (χ4v) is 1.47. The molecule has 2 nitrogen and oxygen atoms in total. The minimum absolute atomic E-state index is 0.120. The summed E-state index contributed by atoms with van der Waals surface area (Å²) in [5.74, 6) is 0.918. The van der Waals surface area contributed by atoms with Crippen LogP contribution in [0.2, 0.25) is 0 Å². The van der Waals surface area contributed by atoms with Gasteiger partial charge in [-0.1, -0.05) is 19.1 Å². The second-order valence-corrected chi connectivity index (χ2v) is 3.19. The number of ether oxygens (including phenoxy) is 1. The molecule has 13 heavy (non-hydrogen) atoms. The molecular formula is C11H17NO. The van der Waals surface area contributed by atoms with Crippen LogP contribution in [-0.4, -0.2) is 7.11 Å². The highest BCUT2D eigenvalue weighted by atomic mass is 16.5. The Bertz CT molecular complexity index is 283. The predicted molar refractivity (Wildman–Crippen MR) is 55.0 cm³/mol. The van der Waals surface area contributed by atoms with Crippen molar-refractivity contribution in [2.45, 2.75) is 26.3 Å². The van der Waals surface area contributed by atoms with Crippen molar-refractivity contribution in [3.63, 3.8) is 0 Å². The number of methoxy groups -OCH3 is 1. The van der Waals surface area contributed by atoms with E-state index < -0.39 is 0 Å². The summed E-state index contributed by atoms with van der Waals surface area (Å²) >= 11 is 0. The highest BCUT2D eigenvalue weighted by molar-refractivity contribution is 5.40. The van der Waals surface area contributed by atoms with Gasteiger partial charge in [-0.3, -0.25) is 0 Å². The number of hydrogen-bond donors (Lipinski definition) is 1. The molecule has 1 aromatic rings. The standard InChI is InChI=1S/C11H17NO/c1-4-10(12)9-6-5-7-11(13-3)8(9)2/h5-7,10H,4,12H2,1-3H3/t10-/m1/s1. The lowest BCUT2D eigenvalue weighted by Gasteiger charge is -2.14. The largest absolute Gasteiger partial charge is 0.496 e. The Labute approximate surface area is 79.7 Å². The maximum absolute atomic E-state index is 5.96. The molecule has 0 saturated heterocycles. The normalized spacial score (nSPS) is 12.6. The molecule has 0 unspecified atom stereocenters. The molecule has 0 heterocycles. The summed E-state index contributed by atoms with van der Waals surface area (Å²) in [5, 5.41) is 0. The van der Waals surface area contributed by atoms with Crippen molar-refractivity contribution < 1.29 is 4.74 Å². The zero-order valence-corrected chi connectivity index (χ0v) is 8.50. The molecule has 2 N–H and O–H groups in total. The van der Waals surface area contributed by atoms with Gasteiger partial charge in [-0.25, -0.2) is 0 Å². The molecule has 72 valence electrons. The van der Waals surface area contributed by atoms with E-state index in [1.807, 2.05) is 19.1 Å². The molecule has 1 aromatic carbocycles. The lowest BCUT2D eigenvalue weighted by molar-refractivity contribution is 0.410. The highest BCUT2D eigenvalue weighted by Crippen LogP contribution is 2.25. The third-order valence-corrected chi connectivity index (χ3v) is 2.39. The van der Waals surface area contributed by atoms with Crippen LogP contribution in [0.4, 0.5) is 0 Å². The van der Waals surface area contributed by atoms with Crippen LogP contribution >= 0.6 is 0 Å². The molecule has 2 heteroatoms. The predicted octanol–water partition coefficient (Wildman–Crippen LogP) is 2.41. The lowest BCUT2D eigenvalue weighted by atomic mass is 9.99. The Morgan fingerprint density at radius 3 is 2.69 bits per heavy atom. The van der Waals surface area contributed by atoms with Gasteiger partial charge in [0.05, 0.1) is 7.11 Å². The number of benzene rings is 1. The average molecular weight is 179 g/mol. The number of hydrogen-bond acceptors (Lipinski definition) is 2. The fourth-order valence-electron chi connectivity index (χ4n) is 1.47. The topological polar surface area (TPSA) is 35.2 Å². The Kier molecular flexibility index (Phi) is 3.32. The molecule has 0 aliphatic rings. The van der Waals surface area contributed by atoms with Crippen molar-refractivity contribution in [3.05, 3.63) is 29.3 Å². The van der Waals surface area contributed by atoms with E-state index in [1.165, 1.54) is 5.56 Å². The zero-order valence-electron chi connectivity index (χ0n) is 8.50. The molecule has 0 amide bonds. The maximum Gasteiger partial charge on any atom is 0.122 e. The van der Waals surface area contributed by atoms with Gasteiger partial charge < -0.3 is 10.5 Å². The van der Waals surface area contributed by atoms with Crippen molar-refractivity contribution in [3.8, 4) is 5.75 Å². The van der Waals surface area contributed by atoms with Crippen molar-refractivity contribution in [2.24, 2.45) is 5.73 Å². The van der Waals surface area contributed by atoms with E-state index in [0.29, 0.717) is 0 Å². The van der Waals surface area contributed by atoms with Gasteiger partial charge in [0.25, 0.3) is 0 Å². The molecule has 0 aliphatic carbocycles. The van der Waals surface area contributed by atoms with E-state index in [9.17, 15) is 0 Å². The number of rotatable bonds is 3. The van der Waals surface area contributed by atoms with E-state index in [4.69, 9.17) is 10.5 Å². The monoisotopic (exact) mass is 179 g/mol. The van der Waals surface area contributed by atoms with E-state index in [1.54, 1.807) is 7.11 Å². The Balaban J connectivity index is 3.08. The third-order valence-electron chi connectivity index (χ3n) is 2.39. The van der Waals surface area contributed by atoms with Gasteiger partial charge in [-0.05, 0) is 30.5 Å². The first-order valence-electron chi connectivity index (χ1n) is 4.59. The summed E-state index contributed by atoms with van der Waals surface area (Å²) in [7, 11) is 1.68. The van der Waals surface area contributed by atoms with Crippen molar-refractivity contribution in [2.75, 3.05) is 7.11 Å². The highest BCUT2D eigenvalue weighted by Gasteiger charge is 2.09. The quantitative estimate of drug-likeness (QED) is 0.773. The van der Waals surface area contributed by atoms with Crippen LogP contribution in [-0.2, 0) is 0 Å². The fraction of sp³-hybridized carbons (Fsp3) is 0.455. The molecule has 0 bridgehead atoms. The first-order chi connectivity index (χ1) is 6.20. The molecule has 0 radical (unpaired) electrons. The Hall–Kier alpha value is -1.02. The average Bonchev–Trinajstić information content (AvgIpc) is 2.17. The van der Waals surface area contributed by atoms with Crippen LogP contribution in [0.3, 0.4) is 0 Å². The minimum atomic E-state index is 0.120. The smallest absolute Gasteiger partial charge is 0.122 e. The molecule has 0 fully saturated rings. The molecule has 1 rings (SSSR count). The van der Waals surface area contributed by atoms with Crippen molar-refractivity contribution in [1.82, 2.24) is 0 Å². The number of nitrogens with two attached hydrogens (primary N) is 1. The molecule has 0 aliphatic heterocycles. The van der Waals surface area contributed by atoms with Gasteiger partial charge in [-0.15, -0.1) is 0 Å². The summed E-state index contributed by atoms with van der Waals surface area (Å²) in [6.45, 7) is 4.13. The summed E-state index contributed by atoms with van der Waals surface area (Å²) in [6.07, 6.45) is 0.952. The molecule has 0 aromatic heterocycles. The molecule has 1 atom stereocenters. The molecular weight excluding hydrogens is 162 g/mol. The van der Waals surface area contributed by atoms with E-state index in [-0.39, 0.29) is 6.04 Å². The van der Waals surface area contributed by atoms with Crippen LogP contribution in [0.5, 0.6) is 5.75 Å². The molecule has 0 spiro atoms. The van der Waals surface area contributed by atoms with Gasteiger partial charge >= 0.3 is 0 Å². The Morgan fingerprint density at radius 2 is 2.15 bits per heavy atom. The summed E-state index contributed by atoms with van der Waals surface area (Å²) in [6, 6.07) is 6.12. The van der Waals surface area contributed by atoms with Gasteiger partial charge in [0.2, 0.25) is 0 Å². The second-order valence-electron chi connectivity index (χ2n) is 3.19. The minimum Gasteiger partial charge on any atom is -0.496 e. The van der Waals surface area contributed by atoms with E-state index in [0.717, 1.165) is 17.7 Å². The molecule has 0 saturated carbocycles. The summed E-state index contributed by atoms with van der Waals surface area (Å²) in [4.78, 5) is 0. The van der Waals surface area contributed by atoms with Gasteiger partial charge in [0.1, 0.15) is 5.75 Å². The third kappa shape index (κ3) is 2.01. The zero-order chi connectivity index (χ0) is 9.84. The van der Waals surface area contributed by atoms with Gasteiger partial charge in [-0.2, -0.15) is 0 Å². The van der Waals surface area contributed by atoms with Crippen molar-refractivity contribution >= 4 is 0 Å². The van der Waals surface area contributed by atoms with E-state index >= 15 is 0 Å². The van der Waals surface area contributed by atoms with Crippen molar-refractivity contribution in [1.29, 1.82) is 0 Å². The first-order valence-corrected chi connectivity index (χ1v) is 4.59. The second kappa shape index (κ2) is 4.28. The summed E-state index contributed by atoms with van der Waals surface area (Å²) < 4.78 is 5.22. The SMILES string of the molecule is CC[C@@H](N)c1cccc(OC)c1C. The van der Waals surface area contributed by atoms with E-state index in [2.05, 4.69) is 13.0 Å². The summed E-state index contributed by atoms with van der Waals surface area (Å²) in [5.41, 5.74) is 8.30. The van der Waals surface area contributed by atoms with Crippen LogP contribution < -0.4 is 10.5 Å². The first kappa shape index (κ1) is 10.1. The van der Waals surface area contributed by atoms with Crippen LogP contribution in [0, 0.1) is 6.92 Å². The van der Waals surface area contributed by atoms with Gasteiger partial charge in [0.15, 0.2) is 0 Å². The van der Waals surface area contributed by atoms with Gasteiger partial charge in [0, 0.05) is 6.04 Å². The maximum atomic E-state index is 5.96. The van der Waals surface area contributed by atoms with Crippen LogP contribution in [0.1, 0.15) is 30.5 Å². The lowest BCUT2D eigenvalue weighted by Crippen LogP contribution is -2.10. The Morgan fingerprint density at radius 1 is 1.46 bits per heavy atom. The van der Waals surface area contributed by atoms with Crippen LogP contribution in [0.15, 0.2) is 18.2 Å².